The van der Waals surface area contributed by atoms with Crippen molar-refractivity contribution in [3.8, 4) is 0 Å². The number of ether oxygens (including phenoxy) is 2. The zero-order valence-corrected chi connectivity index (χ0v) is 18.3. The van der Waals surface area contributed by atoms with Crippen LogP contribution in [-0.2, 0) is 36.7 Å². The SMILES string of the molecule is CCOC(=O)C1CCN(C(=O)COC(=O)c2c(NC(C)=O)sc3c2CCCC3)CC1. The van der Waals surface area contributed by atoms with Crippen molar-refractivity contribution < 1.29 is 28.7 Å². The number of carbonyl (C=O) groups excluding carboxylic acids is 4. The van der Waals surface area contributed by atoms with E-state index >= 15 is 0 Å². The number of hydrogen-bond acceptors (Lipinski definition) is 7. The molecule has 164 valence electrons. The molecule has 0 spiro atoms. The summed E-state index contributed by atoms with van der Waals surface area (Å²) in [7, 11) is 0. The van der Waals surface area contributed by atoms with E-state index in [9.17, 15) is 19.2 Å². The fraction of sp³-hybridized carbons (Fsp3) is 0.619. The number of piperidine rings is 1. The Bertz CT molecular complexity index is 826. The van der Waals surface area contributed by atoms with E-state index in [0.717, 1.165) is 36.1 Å². The average Bonchev–Trinajstić information content (AvgIpc) is 3.09. The summed E-state index contributed by atoms with van der Waals surface area (Å²) in [6.07, 6.45) is 4.78. The topological polar surface area (TPSA) is 102 Å². The van der Waals surface area contributed by atoms with Crippen LogP contribution in [0.2, 0.25) is 0 Å². The molecule has 1 fully saturated rings. The monoisotopic (exact) mass is 436 g/mol. The van der Waals surface area contributed by atoms with Crippen LogP contribution in [0, 0.1) is 5.92 Å². The quantitative estimate of drug-likeness (QED) is 0.688. The van der Waals surface area contributed by atoms with Crippen LogP contribution in [0.1, 0.15) is 60.3 Å². The Morgan fingerprint density at radius 1 is 1.10 bits per heavy atom. The Balaban J connectivity index is 1.58. The summed E-state index contributed by atoms with van der Waals surface area (Å²) in [5.41, 5.74) is 1.32. The number of aryl methyl sites for hydroxylation is 1. The van der Waals surface area contributed by atoms with Crippen LogP contribution in [0.25, 0.3) is 0 Å². The first-order valence-electron chi connectivity index (χ1n) is 10.4. The molecule has 2 heterocycles. The van der Waals surface area contributed by atoms with Gasteiger partial charge in [0, 0.05) is 24.9 Å². The largest absolute Gasteiger partial charge is 0.466 e. The standard InChI is InChI=1S/C21H28N2O6S/c1-3-28-20(26)14-8-10-23(11-9-14)17(25)12-29-21(27)18-15-6-4-5-7-16(15)30-19(18)22-13(2)24/h14H,3-12H2,1-2H3,(H,22,24). The molecule has 3 rings (SSSR count). The summed E-state index contributed by atoms with van der Waals surface area (Å²) in [5, 5.41) is 3.23. The molecule has 0 atom stereocenters. The molecule has 1 aliphatic heterocycles. The maximum Gasteiger partial charge on any atom is 0.341 e. The fourth-order valence-corrected chi connectivity index (χ4v) is 5.27. The van der Waals surface area contributed by atoms with E-state index in [4.69, 9.17) is 9.47 Å². The van der Waals surface area contributed by atoms with Gasteiger partial charge in [-0.25, -0.2) is 4.79 Å². The molecule has 2 amide bonds. The average molecular weight is 437 g/mol. The van der Waals surface area contributed by atoms with Crippen molar-refractivity contribution in [1.82, 2.24) is 4.90 Å². The predicted molar refractivity (Wildman–Crippen MR) is 111 cm³/mol. The van der Waals surface area contributed by atoms with Gasteiger partial charge in [-0.1, -0.05) is 0 Å². The number of hydrogen-bond donors (Lipinski definition) is 1. The molecule has 0 radical (unpaired) electrons. The first-order chi connectivity index (χ1) is 14.4. The van der Waals surface area contributed by atoms with Crippen LogP contribution in [0.15, 0.2) is 0 Å². The number of fused-ring (bicyclic) bond motifs is 1. The van der Waals surface area contributed by atoms with E-state index in [1.165, 1.54) is 18.3 Å². The minimum absolute atomic E-state index is 0.186. The molecular weight excluding hydrogens is 408 g/mol. The Labute approximate surface area is 179 Å². The molecular formula is C21H28N2O6S. The van der Waals surface area contributed by atoms with Gasteiger partial charge in [-0.15, -0.1) is 11.3 Å². The highest BCUT2D eigenvalue weighted by molar-refractivity contribution is 7.17. The van der Waals surface area contributed by atoms with Crippen molar-refractivity contribution in [1.29, 1.82) is 0 Å². The van der Waals surface area contributed by atoms with Gasteiger partial charge < -0.3 is 19.7 Å². The number of likely N-dealkylation sites (tertiary alicyclic amines) is 1. The molecule has 1 saturated heterocycles. The number of amides is 2. The second kappa shape index (κ2) is 10.1. The van der Waals surface area contributed by atoms with Crippen molar-refractivity contribution in [3.05, 3.63) is 16.0 Å². The number of rotatable bonds is 6. The summed E-state index contributed by atoms with van der Waals surface area (Å²) in [5.74, 6) is -1.51. The lowest BCUT2D eigenvalue weighted by molar-refractivity contribution is -0.151. The first kappa shape index (κ1) is 22.3. The minimum Gasteiger partial charge on any atom is -0.466 e. The lowest BCUT2D eigenvalue weighted by Crippen LogP contribution is -2.42. The second-order valence-corrected chi connectivity index (χ2v) is 8.68. The van der Waals surface area contributed by atoms with Crippen LogP contribution in [-0.4, -0.2) is 55.0 Å². The summed E-state index contributed by atoms with van der Waals surface area (Å²) in [6.45, 7) is 4.04. The van der Waals surface area contributed by atoms with E-state index < -0.39 is 5.97 Å². The summed E-state index contributed by atoms with van der Waals surface area (Å²) in [6, 6.07) is 0. The molecule has 1 aliphatic carbocycles. The van der Waals surface area contributed by atoms with Gasteiger partial charge in [-0.05, 0) is 51.0 Å². The van der Waals surface area contributed by atoms with Crippen molar-refractivity contribution in [3.63, 3.8) is 0 Å². The molecule has 1 N–H and O–H groups in total. The summed E-state index contributed by atoms with van der Waals surface area (Å²) in [4.78, 5) is 51.3. The van der Waals surface area contributed by atoms with Crippen LogP contribution < -0.4 is 5.32 Å². The van der Waals surface area contributed by atoms with Crippen LogP contribution in [0.5, 0.6) is 0 Å². The highest BCUT2D eigenvalue weighted by Gasteiger charge is 2.30. The molecule has 1 aromatic heterocycles. The van der Waals surface area contributed by atoms with Crippen molar-refractivity contribution >= 4 is 40.1 Å². The van der Waals surface area contributed by atoms with Gasteiger partial charge in [0.2, 0.25) is 5.91 Å². The maximum atomic E-state index is 12.8. The lowest BCUT2D eigenvalue weighted by atomic mass is 9.95. The van der Waals surface area contributed by atoms with Crippen molar-refractivity contribution in [2.45, 2.75) is 52.4 Å². The number of nitrogens with zero attached hydrogens (tertiary/aromatic N) is 1. The van der Waals surface area contributed by atoms with Crippen LogP contribution in [0.3, 0.4) is 0 Å². The molecule has 30 heavy (non-hydrogen) atoms. The Kier molecular flexibility index (Phi) is 7.47. The second-order valence-electron chi connectivity index (χ2n) is 7.58. The normalized spacial score (nSPS) is 16.5. The zero-order valence-electron chi connectivity index (χ0n) is 17.5. The van der Waals surface area contributed by atoms with E-state index in [1.54, 1.807) is 11.8 Å². The zero-order chi connectivity index (χ0) is 21.7. The molecule has 0 aromatic carbocycles. The Morgan fingerprint density at radius 2 is 1.80 bits per heavy atom. The molecule has 0 saturated carbocycles. The molecule has 8 nitrogen and oxygen atoms in total. The Morgan fingerprint density at radius 3 is 2.47 bits per heavy atom. The molecule has 0 bridgehead atoms. The van der Waals surface area contributed by atoms with Gasteiger partial charge in [0.15, 0.2) is 6.61 Å². The number of nitrogens with one attached hydrogen (secondary N) is 1. The molecule has 0 unspecified atom stereocenters. The number of thiophene rings is 1. The van der Waals surface area contributed by atoms with E-state index in [1.807, 2.05) is 0 Å². The number of anilines is 1. The highest BCUT2D eigenvalue weighted by atomic mass is 32.1. The van der Waals surface area contributed by atoms with Crippen molar-refractivity contribution in [2.75, 3.05) is 31.6 Å². The van der Waals surface area contributed by atoms with Gasteiger partial charge in [-0.2, -0.15) is 0 Å². The van der Waals surface area contributed by atoms with E-state index in [2.05, 4.69) is 5.32 Å². The third-order valence-corrected chi connectivity index (χ3v) is 6.67. The first-order valence-corrected chi connectivity index (χ1v) is 11.3. The maximum absolute atomic E-state index is 12.8. The van der Waals surface area contributed by atoms with Crippen molar-refractivity contribution in [2.24, 2.45) is 5.92 Å². The third kappa shape index (κ3) is 5.19. The van der Waals surface area contributed by atoms with E-state index in [0.29, 0.717) is 43.1 Å². The smallest absolute Gasteiger partial charge is 0.341 e. The summed E-state index contributed by atoms with van der Waals surface area (Å²) < 4.78 is 10.4. The van der Waals surface area contributed by atoms with Crippen LogP contribution >= 0.6 is 11.3 Å². The molecule has 2 aliphatic rings. The lowest BCUT2D eigenvalue weighted by Gasteiger charge is -2.30. The minimum atomic E-state index is -0.576. The van der Waals surface area contributed by atoms with Gasteiger partial charge in [0.25, 0.3) is 5.91 Å². The molecule has 1 aromatic rings. The number of carbonyl (C=O) groups is 4. The van der Waals surface area contributed by atoms with Gasteiger partial charge in [0.1, 0.15) is 5.00 Å². The van der Waals surface area contributed by atoms with E-state index in [-0.39, 0.29) is 30.3 Å². The van der Waals surface area contributed by atoms with Crippen LogP contribution in [0.4, 0.5) is 5.00 Å². The van der Waals surface area contributed by atoms with Gasteiger partial charge in [-0.3, -0.25) is 14.4 Å². The number of esters is 2. The predicted octanol–water partition coefficient (Wildman–Crippen LogP) is 2.54. The van der Waals surface area contributed by atoms with Gasteiger partial charge in [0.05, 0.1) is 18.1 Å². The Hall–Kier alpha value is -2.42. The third-order valence-electron chi connectivity index (χ3n) is 5.46. The summed E-state index contributed by atoms with van der Waals surface area (Å²) >= 11 is 1.42. The highest BCUT2D eigenvalue weighted by Crippen LogP contribution is 2.38. The van der Waals surface area contributed by atoms with Gasteiger partial charge >= 0.3 is 11.9 Å². The molecule has 9 heteroatoms. The fourth-order valence-electron chi connectivity index (χ4n) is 3.95.